The first-order valence-electron chi connectivity index (χ1n) is 20.3. The van der Waals surface area contributed by atoms with Crippen LogP contribution < -0.4 is 0 Å². The van der Waals surface area contributed by atoms with Crippen molar-refractivity contribution in [1.82, 2.24) is 19.9 Å². The molecule has 12 rings (SSSR count). The molecule has 0 aliphatic rings. The minimum absolute atomic E-state index is 0.899. The summed E-state index contributed by atoms with van der Waals surface area (Å²) in [5.74, 6) is 0. The number of rotatable bonds is 5. The van der Waals surface area contributed by atoms with E-state index in [1.807, 2.05) is 18.2 Å². The van der Waals surface area contributed by atoms with Crippen molar-refractivity contribution in [3.8, 4) is 56.2 Å². The fourth-order valence-corrected chi connectivity index (χ4v) is 8.76. The molecule has 0 fully saturated rings. The lowest BCUT2D eigenvalue weighted by atomic mass is 9.94. The third-order valence-corrected chi connectivity index (χ3v) is 11.8. The number of fused-ring (bicyclic) bond motifs is 9. The molecule has 4 heterocycles. The van der Waals surface area contributed by atoms with E-state index in [4.69, 9.17) is 19.9 Å². The van der Waals surface area contributed by atoms with Gasteiger partial charge in [-0.05, 0) is 75.8 Å². The van der Waals surface area contributed by atoms with E-state index in [1.54, 1.807) is 0 Å². The van der Waals surface area contributed by atoms with Crippen molar-refractivity contribution in [2.24, 2.45) is 0 Å². The third kappa shape index (κ3) is 5.77. The predicted molar refractivity (Wildman–Crippen MR) is 250 cm³/mol. The van der Waals surface area contributed by atoms with Crippen LogP contribution in [0.5, 0.6) is 0 Å². The van der Waals surface area contributed by atoms with Crippen molar-refractivity contribution in [2.45, 2.75) is 0 Å². The molecule has 0 amide bonds. The minimum atomic E-state index is 0.899. The van der Waals surface area contributed by atoms with Gasteiger partial charge >= 0.3 is 0 Å². The molecule has 0 aliphatic carbocycles. The first-order chi connectivity index (χ1) is 29.7. The zero-order chi connectivity index (χ0) is 39.6. The van der Waals surface area contributed by atoms with Crippen molar-refractivity contribution in [3.05, 3.63) is 206 Å². The van der Waals surface area contributed by atoms with Crippen molar-refractivity contribution < 1.29 is 0 Å². The SMILES string of the molecule is c1ccc(-c2ccc3ccc4ccc(-c5cccc(-c6ccc7c(c6)nc(-c6ccccc6)c6c8ccc(-c9ccc%10ccccc%10c9)nc8ccc76)c5)nc4c3n2)cc1. The monoisotopic (exact) mass is 762 g/mol. The maximum Gasteiger partial charge on any atom is 0.0972 e. The molecule has 0 unspecified atom stereocenters. The largest absolute Gasteiger partial charge is 0.248 e. The Labute approximate surface area is 346 Å². The topological polar surface area (TPSA) is 51.6 Å². The van der Waals surface area contributed by atoms with Gasteiger partial charge in [0, 0.05) is 49.2 Å². The molecule has 4 nitrogen and oxygen atoms in total. The highest BCUT2D eigenvalue weighted by Gasteiger charge is 2.16. The van der Waals surface area contributed by atoms with Crippen LogP contribution in [-0.2, 0) is 0 Å². The highest BCUT2D eigenvalue weighted by Crippen LogP contribution is 2.39. The van der Waals surface area contributed by atoms with Gasteiger partial charge in [-0.25, -0.2) is 19.9 Å². The number of hydrogen-bond acceptors (Lipinski definition) is 4. The molecule has 0 spiro atoms. The summed E-state index contributed by atoms with van der Waals surface area (Å²) in [6.45, 7) is 0. The van der Waals surface area contributed by atoms with Gasteiger partial charge in [-0.3, -0.25) is 0 Å². The van der Waals surface area contributed by atoms with Gasteiger partial charge in [0.1, 0.15) is 0 Å². The summed E-state index contributed by atoms with van der Waals surface area (Å²) >= 11 is 0. The van der Waals surface area contributed by atoms with Gasteiger partial charge in [0.05, 0.1) is 44.8 Å². The average molecular weight is 763 g/mol. The molecule has 0 aliphatic heterocycles. The number of aromatic nitrogens is 4. The molecule has 0 bridgehead atoms. The van der Waals surface area contributed by atoms with E-state index < -0.39 is 0 Å². The molecule has 8 aromatic carbocycles. The summed E-state index contributed by atoms with van der Waals surface area (Å²) in [6, 6.07) is 72.6. The standard InChI is InChI=1S/C56H34N4/c1-3-11-36(12-4-1)48-28-23-38-19-20-39-24-29-50(59-56(39)55(38)58-48)43-17-9-16-41(33-43)42-22-25-45-46-26-31-51-47(53(46)54(60-52(45)34-42)37-13-5-2-6-14-37)27-30-49(57-51)44-21-18-35-10-7-8-15-40(35)32-44/h1-34H. The zero-order valence-electron chi connectivity index (χ0n) is 32.4. The van der Waals surface area contributed by atoms with Crippen LogP contribution in [0.25, 0.3) is 121 Å². The maximum atomic E-state index is 5.45. The van der Waals surface area contributed by atoms with E-state index in [0.29, 0.717) is 0 Å². The van der Waals surface area contributed by atoms with E-state index in [9.17, 15) is 0 Å². The first-order valence-corrected chi connectivity index (χ1v) is 20.3. The van der Waals surface area contributed by atoms with E-state index in [0.717, 1.165) is 111 Å². The smallest absolute Gasteiger partial charge is 0.0972 e. The summed E-state index contributed by atoms with van der Waals surface area (Å²) < 4.78 is 0. The van der Waals surface area contributed by atoms with Crippen LogP contribution in [0.2, 0.25) is 0 Å². The third-order valence-electron chi connectivity index (χ3n) is 11.8. The number of benzene rings is 8. The molecule has 4 heteroatoms. The summed E-state index contributed by atoms with van der Waals surface area (Å²) in [7, 11) is 0. The normalized spacial score (nSPS) is 11.7. The van der Waals surface area contributed by atoms with E-state index in [1.165, 1.54) is 10.8 Å². The Kier molecular flexibility index (Phi) is 7.82. The lowest BCUT2D eigenvalue weighted by Gasteiger charge is -2.14. The van der Waals surface area contributed by atoms with Crippen LogP contribution in [0, 0.1) is 0 Å². The van der Waals surface area contributed by atoms with Crippen LogP contribution >= 0.6 is 0 Å². The second kappa shape index (κ2) is 13.8. The molecule has 0 N–H and O–H groups in total. The molecular weight excluding hydrogens is 729 g/mol. The molecule has 0 atom stereocenters. The van der Waals surface area contributed by atoms with Gasteiger partial charge in [0.2, 0.25) is 0 Å². The van der Waals surface area contributed by atoms with Gasteiger partial charge < -0.3 is 0 Å². The quantitative estimate of drug-likeness (QED) is 0.164. The number of pyridine rings is 4. The Morgan fingerprint density at radius 3 is 1.57 bits per heavy atom. The van der Waals surface area contributed by atoms with Crippen molar-refractivity contribution in [3.63, 3.8) is 0 Å². The van der Waals surface area contributed by atoms with Crippen LogP contribution in [-0.4, -0.2) is 19.9 Å². The number of hydrogen-bond donors (Lipinski definition) is 0. The molecule has 278 valence electrons. The Hall–Kier alpha value is -8.08. The van der Waals surface area contributed by atoms with E-state index in [2.05, 4.69) is 188 Å². The van der Waals surface area contributed by atoms with Gasteiger partial charge in [0.15, 0.2) is 0 Å². The predicted octanol–water partition coefficient (Wildman–Crippen LogP) is 14.5. The van der Waals surface area contributed by atoms with Crippen molar-refractivity contribution in [2.75, 3.05) is 0 Å². The van der Waals surface area contributed by atoms with Crippen LogP contribution in [0.4, 0.5) is 0 Å². The van der Waals surface area contributed by atoms with Gasteiger partial charge in [-0.2, -0.15) is 0 Å². The van der Waals surface area contributed by atoms with Gasteiger partial charge in [0.25, 0.3) is 0 Å². The van der Waals surface area contributed by atoms with Crippen molar-refractivity contribution >= 4 is 65.2 Å². The zero-order valence-corrected chi connectivity index (χ0v) is 32.4. The Bertz CT molecular complexity index is 3650. The molecule has 60 heavy (non-hydrogen) atoms. The fourth-order valence-electron chi connectivity index (χ4n) is 8.76. The highest BCUT2D eigenvalue weighted by molar-refractivity contribution is 6.21. The summed E-state index contributed by atoms with van der Waals surface area (Å²) in [5.41, 5.74) is 14.0. The molecule has 0 saturated carbocycles. The summed E-state index contributed by atoms with van der Waals surface area (Å²) in [5, 5.41) is 9.03. The lowest BCUT2D eigenvalue weighted by Crippen LogP contribution is -1.93. The first kappa shape index (κ1) is 34.0. The van der Waals surface area contributed by atoms with Crippen molar-refractivity contribution in [1.29, 1.82) is 0 Å². The molecule has 0 radical (unpaired) electrons. The maximum absolute atomic E-state index is 5.45. The molecule has 12 aromatic rings. The lowest BCUT2D eigenvalue weighted by molar-refractivity contribution is 1.36. The Morgan fingerprint density at radius 2 is 0.783 bits per heavy atom. The Morgan fingerprint density at radius 1 is 0.250 bits per heavy atom. The van der Waals surface area contributed by atoms with E-state index >= 15 is 0 Å². The van der Waals surface area contributed by atoms with Crippen LogP contribution in [0.15, 0.2) is 206 Å². The highest BCUT2D eigenvalue weighted by atomic mass is 14.8. The molecule has 0 saturated heterocycles. The van der Waals surface area contributed by atoms with E-state index in [-0.39, 0.29) is 0 Å². The average Bonchev–Trinajstić information content (AvgIpc) is 3.33. The fraction of sp³-hybridized carbons (Fsp3) is 0. The second-order valence-electron chi connectivity index (χ2n) is 15.4. The van der Waals surface area contributed by atoms with Gasteiger partial charge in [-0.15, -0.1) is 0 Å². The van der Waals surface area contributed by atoms with Crippen LogP contribution in [0.1, 0.15) is 0 Å². The van der Waals surface area contributed by atoms with Gasteiger partial charge in [-0.1, -0.05) is 158 Å². The minimum Gasteiger partial charge on any atom is -0.248 e. The Balaban J connectivity index is 0.966. The second-order valence-corrected chi connectivity index (χ2v) is 15.4. The van der Waals surface area contributed by atoms with Crippen LogP contribution in [0.3, 0.4) is 0 Å². The molecular formula is C56H34N4. The summed E-state index contributed by atoms with van der Waals surface area (Å²) in [6.07, 6.45) is 0. The molecule has 4 aromatic heterocycles. The number of nitrogens with zero attached hydrogens (tertiary/aromatic N) is 4. The summed E-state index contributed by atoms with van der Waals surface area (Å²) in [4.78, 5) is 21.0.